The van der Waals surface area contributed by atoms with Crippen molar-refractivity contribution < 1.29 is 14.7 Å². The number of aromatic nitrogens is 1. The van der Waals surface area contributed by atoms with Gasteiger partial charge in [0.25, 0.3) is 5.91 Å². The molecule has 0 unspecified atom stereocenters. The molecule has 1 aromatic carbocycles. The van der Waals surface area contributed by atoms with Gasteiger partial charge in [-0.2, -0.15) is 0 Å². The van der Waals surface area contributed by atoms with E-state index in [1.165, 1.54) is 16.2 Å². The van der Waals surface area contributed by atoms with E-state index in [9.17, 15) is 14.7 Å². The lowest BCUT2D eigenvalue weighted by Crippen LogP contribution is -2.45. The first-order valence-corrected chi connectivity index (χ1v) is 8.12. The maximum Gasteiger partial charge on any atom is 0.326 e. The summed E-state index contributed by atoms with van der Waals surface area (Å²) in [4.78, 5) is 30.2. The zero-order valence-electron chi connectivity index (χ0n) is 12.3. The molecular weight excluding hydrogens is 300 g/mol. The van der Waals surface area contributed by atoms with Crippen molar-refractivity contribution in [2.75, 3.05) is 6.54 Å². The predicted molar refractivity (Wildman–Crippen MR) is 82.8 cm³/mol. The Morgan fingerprint density at radius 2 is 2.09 bits per heavy atom. The van der Waals surface area contributed by atoms with Gasteiger partial charge in [0.15, 0.2) is 5.01 Å². The van der Waals surface area contributed by atoms with Crippen molar-refractivity contribution in [2.45, 2.75) is 19.9 Å². The monoisotopic (exact) mass is 316 g/mol. The van der Waals surface area contributed by atoms with Crippen molar-refractivity contribution in [3.8, 4) is 0 Å². The molecule has 0 radical (unpaired) electrons. The molecule has 0 spiro atoms. The van der Waals surface area contributed by atoms with E-state index in [2.05, 4.69) is 18.8 Å². The van der Waals surface area contributed by atoms with Crippen LogP contribution in [0.1, 0.15) is 23.6 Å². The number of hydrogen-bond acceptors (Lipinski definition) is 4. The van der Waals surface area contributed by atoms with Gasteiger partial charge in [-0.25, -0.2) is 9.78 Å². The van der Waals surface area contributed by atoms with Crippen molar-refractivity contribution in [2.24, 2.45) is 17.3 Å². The van der Waals surface area contributed by atoms with Crippen molar-refractivity contribution >= 4 is 33.4 Å². The summed E-state index contributed by atoms with van der Waals surface area (Å²) in [5, 5.41) is 9.92. The van der Waals surface area contributed by atoms with Gasteiger partial charge in [0.1, 0.15) is 6.04 Å². The molecule has 1 aliphatic heterocycles. The molecule has 1 N–H and O–H groups in total. The minimum absolute atomic E-state index is 0.0213. The van der Waals surface area contributed by atoms with E-state index in [1.54, 1.807) is 0 Å². The number of nitrogens with zero attached hydrogens (tertiary/aromatic N) is 2. The molecule has 4 rings (SSSR count). The summed E-state index contributed by atoms with van der Waals surface area (Å²) >= 11 is 1.33. The summed E-state index contributed by atoms with van der Waals surface area (Å²) < 4.78 is 0.947. The molecule has 2 aliphatic rings. The van der Waals surface area contributed by atoms with E-state index in [1.807, 2.05) is 24.3 Å². The largest absolute Gasteiger partial charge is 0.480 e. The number of hydrogen-bond donors (Lipinski definition) is 1. The number of carboxylic acid groups (broad SMARTS) is 1. The Morgan fingerprint density at radius 3 is 2.77 bits per heavy atom. The average molecular weight is 316 g/mol. The molecule has 1 amide bonds. The number of carbonyl (C=O) groups is 2. The molecule has 0 bridgehead atoms. The molecule has 2 heterocycles. The molecule has 2 fully saturated rings. The number of carbonyl (C=O) groups excluding carboxylic acids is 1. The Hall–Kier alpha value is -1.95. The molecule has 1 aromatic heterocycles. The SMILES string of the molecule is CC1(C)[C@@H]2[C@@H](C(=O)O)N(C(=O)c3nc4ccccc4s3)C[C@@H]21. The van der Waals surface area contributed by atoms with Crippen LogP contribution in [0.15, 0.2) is 24.3 Å². The molecule has 22 heavy (non-hydrogen) atoms. The Balaban J connectivity index is 1.67. The highest BCUT2D eigenvalue weighted by molar-refractivity contribution is 7.20. The molecule has 3 atom stereocenters. The van der Waals surface area contributed by atoms with Crippen LogP contribution in [0.3, 0.4) is 0 Å². The van der Waals surface area contributed by atoms with Gasteiger partial charge in [-0.05, 0) is 23.5 Å². The number of rotatable bonds is 2. The second-order valence-electron chi connectivity index (χ2n) is 6.68. The third-order valence-corrected chi connectivity index (χ3v) is 6.22. The summed E-state index contributed by atoms with van der Waals surface area (Å²) in [7, 11) is 0. The Morgan fingerprint density at radius 1 is 1.36 bits per heavy atom. The first-order valence-electron chi connectivity index (χ1n) is 7.30. The van der Waals surface area contributed by atoms with E-state index >= 15 is 0 Å². The van der Waals surface area contributed by atoms with Gasteiger partial charge in [-0.15, -0.1) is 11.3 Å². The van der Waals surface area contributed by atoms with Gasteiger partial charge in [-0.1, -0.05) is 26.0 Å². The zero-order valence-corrected chi connectivity index (χ0v) is 13.1. The summed E-state index contributed by atoms with van der Waals surface area (Å²) in [6.07, 6.45) is 0. The molecule has 1 aliphatic carbocycles. The van der Waals surface area contributed by atoms with Crippen LogP contribution in [0.25, 0.3) is 10.2 Å². The fourth-order valence-electron chi connectivity index (χ4n) is 3.86. The molecular formula is C16H16N2O3S. The van der Waals surface area contributed by atoms with E-state index in [0.717, 1.165) is 10.2 Å². The van der Waals surface area contributed by atoms with Crippen LogP contribution in [0.5, 0.6) is 0 Å². The Kier molecular flexibility index (Phi) is 2.67. The fraction of sp³-hybridized carbons (Fsp3) is 0.438. The van der Waals surface area contributed by atoms with Gasteiger partial charge in [-0.3, -0.25) is 4.79 Å². The number of likely N-dealkylation sites (tertiary alicyclic amines) is 1. The third kappa shape index (κ3) is 1.73. The van der Waals surface area contributed by atoms with E-state index in [0.29, 0.717) is 11.6 Å². The lowest BCUT2D eigenvalue weighted by molar-refractivity contribution is -0.142. The highest BCUT2D eigenvalue weighted by atomic mass is 32.1. The number of benzene rings is 1. The van der Waals surface area contributed by atoms with E-state index in [-0.39, 0.29) is 23.2 Å². The standard InChI is InChI=1S/C16H16N2O3S/c1-16(2)8-7-18(12(11(8)16)15(20)21)14(19)13-17-9-5-3-4-6-10(9)22-13/h3-6,8,11-12H,7H2,1-2H3,(H,20,21)/t8-,11-,12-/m0/s1. The van der Waals surface area contributed by atoms with Crippen LogP contribution in [0, 0.1) is 17.3 Å². The highest BCUT2D eigenvalue weighted by Crippen LogP contribution is 2.65. The van der Waals surface area contributed by atoms with Crippen molar-refractivity contribution in [1.82, 2.24) is 9.88 Å². The van der Waals surface area contributed by atoms with Crippen LogP contribution in [-0.4, -0.2) is 39.5 Å². The number of thiazole rings is 1. The maximum absolute atomic E-state index is 12.7. The fourth-order valence-corrected chi connectivity index (χ4v) is 4.79. The zero-order chi connectivity index (χ0) is 15.6. The summed E-state index contributed by atoms with van der Waals surface area (Å²) in [6, 6.07) is 6.84. The van der Waals surface area contributed by atoms with Crippen LogP contribution < -0.4 is 0 Å². The highest BCUT2D eigenvalue weighted by Gasteiger charge is 2.69. The molecule has 1 saturated carbocycles. The van der Waals surface area contributed by atoms with Gasteiger partial charge >= 0.3 is 5.97 Å². The van der Waals surface area contributed by atoms with Crippen LogP contribution >= 0.6 is 11.3 Å². The molecule has 1 saturated heterocycles. The first kappa shape index (κ1) is 13.7. The van der Waals surface area contributed by atoms with Crippen molar-refractivity contribution in [1.29, 1.82) is 0 Å². The van der Waals surface area contributed by atoms with Gasteiger partial charge < -0.3 is 10.0 Å². The topological polar surface area (TPSA) is 70.5 Å². The smallest absolute Gasteiger partial charge is 0.326 e. The number of amides is 1. The van der Waals surface area contributed by atoms with Crippen LogP contribution in [0.2, 0.25) is 0 Å². The number of aliphatic carboxylic acids is 1. The lowest BCUT2D eigenvalue weighted by atomic mass is 10.0. The quantitative estimate of drug-likeness (QED) is 0.924. The second kappa shape index (κ2) is 4.29. The van der Waals surface area contributed by atoms with Crippen LogP contribution in [0.4, 0.5) is 0 Å². The third-order valence-electron chi connectivity index (χ3n) is 5.20. The average Bonchev–Trinajstić information content (AvgIpc) is 2.93. The lowest BCUT2D eigenvalue weighted by Gasteiger charge is -2.27. The molecule has 5 nitrogen and oxygen atoms in total. The molecule has 114 valence electrons. The summed E-state index contributed by atoms with van der Waals surface area (Å²) in [5.41, 5.74) is 0.806. The van der Waals surface area contributed by atoms with Crippen molar-refractivity contribution in [3.63, 3.8) is 0 Å². The normalized spacial score (nSPS) is 28.6. The summed E-state index contributed by atoms with van der Waals surface area (Å²) in [6.45, 7) is 4.68. The predicted octanol–water partition coefficient (Wildman–Crippen LogP) is 2.48. The Bertz CT molecular complexity index is 765. The van der Waals surface area contributed by atoms with E-state index in [4.69, 9.17) is 0 Å². The van der Waals surface area contributed by atoms with Gasteiger partial charge in [0.2, 0.25) is 0 Å². The van der Waals surface area contributed by atoms with Crippen LogP contribution in [-0.2, 0) is 4.79 Å². The number of fused-ring (bicyclic) bond motifs is 2. The molecule has 6 heteroatoms. The van der Waals surface area contributed by atoms with Gasteiger partial charge in [0, 0.05) is 12.5 Å². The minimum atomic E-state index is -0.910. The number of piperidine rings is 1. The minimum Gasteiger partial charge on any atom is -0.480 e. The summed E-state index contributed by atoms with van der Waals surface area (Å²) in [5.74, 6) is -0.820. The number of para-hydroxylation sites is 1. The Labute approximate surface area is 131 Å². The first-order chi connectivity index (χ1) is 10.4. The maximum atomic E-state index is 12.7. The van der Waals surface area contributed by atoms with Gasteiger partial charge in [0.05, 0.1) is 10.2 Å². The van der Waals surface area contributed by atoms with Crippen molar-refractivity contribution in [3.05, 3.63) is 29.3 Å². The number of carboxylic acids is 1. The second-order valence-corrected chi connectivity index (χ2v) is 7.71. The molecule has 2 aromatic rings. The van der Waals surface area contributed by atoms with E-state index < -0.39 is 12.0 Å².